The SMILES string of the molecule is CCN([C@@H](CC(=O)O)C(=O)O)[C@H]1C[C@H](C)S(=O)(=O)c2sc(S(N)(=O)=O)cc21. The second-order valence-corrected chi connectivity index (χ2v) is 11.6. The van der Waals surface area contributed by atoms with Crippen molar-refractivity contribution in [2.24, 2.45) is 5.14 Å². The van der Waals surface area contributed by atoms with Gasteiger partial charge >= 0.3 is 11.9 Å². The second kappa shape index (κ2) is 7.47. The van der Waals surface area contributed by atoms with Gasteiger partial charge < -0.3 is 10.2 Å². The van der Waals surface area contributed by atoms with Crippen molar-refractivity contribution in [2.75, 3.05) is 6.54 Å². The van der Waals surface area contributed by atoms with E-state index in [1.165, 1.54) is 11.8 Å². The van der Waals surface area contributed by atoms with E-state index in [0.29, 0.717) is 11.3 Å². The number of hydrogen-bond acceptors (Lipinski definition) is 8. The summed E-state index contributed by atoms with van der Waals surface area (Å²) in [5.74, 6) is -2.67. The average Bonchev–Trinajstić information content (AvgIpc) is 2.98. The maximum Gasteiger partial charge on any atom is 0.321 e. The first-order valence-corrected chi connectivity index (χ1v) is 11.8. The van der Waals surface area contributed by atoms with Crippen LogP contribution in [0.4, 0.5) is 0 Å². The lowest BCUT2D eigenvalue weighted by Crippen LogP contribution is -2.47. The van der Waals surface area contributed by atoms with E-state index < -0.39 is 55.6 Å². The Labute approximate surface area is 160 Å². The number of sulfonamides is 1. The molecule has 1 aromatic heterocycles. The van der Waals surface area contributed by atoms with E-state index in [0.717, 1.165) is 6.07 Å². The van der Waals surface area contributed by atoms with Gasteiger partial charge in [-0.25, -0.2) is 22.0 Å². The predicted octanol–water partition coefficient (Wildman–Crippen LogP) is 0.252. The minimum Gasteiger partial charge on any atom is -0.481 e. The molecule has 4 N–H and O–H groups in total. The lowest BCUT2D eigenvalue weighted by atomic mass is 9.99. The Morgan fingerprint density at radius 3 is 2.44 bits per heavy atom. The maximum absolute atomic E-state index is 12.6. The first-order valence-electron chi connectivity index (χ1n) is 7.91. The van der Waals surface area contributed by atoms with Crippen molar-refractivity contribution in [2.45, 2.75) is 52.4 Å². The molecule has 3 atom stereocenters. The summed E-state index contributed by atoms with van der Waals surface area (Å²) in [5.41, 5.74) is 0.139. The molecule has 13 heteroatoms. The third kappa shape index (κ3) is 4.16. The Bertz CT molecular complexity index is 966. The summed E-state index contributed by atoms with van der Waals surface area (Å²) < 4.78 is 48.1. The standard InChI is InChI=1S/C14H20N2O8S3/c1-3-16(10(13(19)20)6-11(17)18)9-4-7(2)26(21,22)14-8(9)5-12(25-14)27(15,23)24/h5,7,9-10H,3-4,6H2,1-2H3,(H,17,18)(H,19,20)(H2,15,23,24)/t7-,9-,10-/m0/s1. The van der Waals surface area contributed by atoms with E-state index in [2.05, 4.69) is 0 Å². The third-order valence-corrected chi connectivity index (χ3v) is 9.82. The summed E-state index contributed by atoms with van der Waals surface area (Å²) in [4.78, 5) is 24.1. The van der Waals surface area contributed by atoms with Crippen molar-refractivity contribution >= 4 is 43.1 Å². The van der Waals surface area contributed by atoms with Gasteiger partial charge in [-0.15, -0.1) is 11.3 Å². The number of nitrogens with two attached hydrogens (primary N) is 1. The quantitative estimate of drug-likeness (QED) is 0.537. The highest BCUT2D eigenvalue weighted by Crippen LogP contribution is 2.45. The van der Waals surface area contributed by atoms with E-state index in [1.807, 2.05) is 0 Å². The highest BCUT2D eigenvalue weighted by molar-refractivity contribution is 7.95. The van der Waals surface area contributed by atoms with E-state index in [9.17, 15) is 31.5 Å². The number of sulfone groups is 1. The molecule has 0 aliphatic carbocycles. The Morgan fingerprint density at radius 1 is 1.41 bits per heavy atom. The number of fused-ring (bicyclic) bond motifs is 1. The molecule has 2 heterocycles. The lowest BCUT2D eigenvalue weighted by molar-refractivity contribution is -0.151. The van der Waals surface area contributed by atoms with Crippen LogP contribution < -0.4 is 5.14 Å². The molecule has 0 spiro atoms. The number of aliphatic carboxylic acids is 2. The zero-order valence-electron chi connectivity index (χ0n) is 14.5. The molecule has 0 radical (unpaired) electrons. The van der Waals surface area contributed by atoms with E-state index in [4.69, 9.17) is 10.2 Å². The molecule has 1 aromatic rings. The fourth-order valence-electron chi connectivity index (χ4n) is 3.20. The number of thiophene rings is 1. The van der Waals surface area contributed by atoms with Crippen molar-refractivity contribution in [1.29, 1.82) is 0 Å². The fraction of sp³-hybridized carbons (Fsp3) is 0.571. The number of rotatable bonds is 7. The predicted molar refractivity (Wildman–Crippen MR) is 95.8 cm³/mol. The zero-order valence-corrected chi connectivity index (χ0v) is 17.0. The van der Waals surface area contributed by atoms with Gasteiger partial charge in [-0.05, 0) is 26.0 Å². The summed E-state index contributed by atoms with van der Waals surface area (Å²) in [6, 6.07) is -1.02. The molecule has 10 nitrogen and oxygen atoms in total. The highest BCUT2D eigenvalue weighted by atomic mass is 32.3. The Balaban J connectivity index is 2.65. The van der Waals surface area contributed by atoms with Gasteiger partial charge in [0.2, 0.25) is 10.0 Å². The van der Waals surface area contributed by atoms with Crippen molar-refractivity contribution in [3.63, 3.8) is 0 Å². The fourth-order valence-corrected chi connectivity index (χ4v) is 7.59. The molecule has 0 saturated carbocycles. The summed E-state index contributed by atoms with van der Waals surface area (Å²) >= 11 is 0.527. The second-order valence-electron chi connectivity index (χ2n) is 6.24. The largest absolute Gasteiger partial charge is 0.481 e. The number of likely N-dealkylation sites (N-methyl/N-ethyl adjacent to an activating group) is 1. The number of carbonyl (C=O) groups is 2. The van der Waals surface area contributed by atoms with E-state index in [-0.39, 0.29) is 26.9 Å². The smallest absolute Gasteiger partial charge is 0.321 e. The highest BCUT2D eigenvalue weighted by Gasteiger charge is 2.44. The van der Waals surface area contributed by atoms with Gasteiger partial charge in [0.15, 0.2) is 9.84 Å². The first kappa shape index (κ1) is 21.8. The van der Waals surface area contributed by atoms with Crippen LogP contribution in [0.15, 0.2) is 14.5 Å². The van der Waals surface area contributed by atoms with Crippen LogP contribution in [0.25, 0.3) is 0 Å². The van der Waals surface area contributed by atoms with Crippen LogP contribution in [-0.2, 0) is 29.4 Å². The van der Waals surface area contributed by atoms with Crippen molar-refractivity contribution in [1.82, 2.24) is 4.90 Å². The van der Waals surface area contributed by atoms with Crippen LogP contribution in [0.3, 0.4) is 0 Å². The third-order valence-electron chi connectivity index (χ3n) is 4.50. The van der Waals surface area contributed by atoms with E-state index >= 15 is 0 Å². The molecule has 0 amide bonds. The van der Waals surface area contributed by atoms with Crippen LogP contribution in [0.5, 0.6) is 0 Å². The van der Waals surface area contributed by atoms with Crippen LogP contribution in [0.1, 0.15) is 38.3 Å². The number of carboxylic acid groups (broad SMARTS) is 2. The van der Waals surface area contributed by atoms with E-state index in [1.54, 1.807) is 6.92 Å². The minimum absolute atomic E-state index is 0.00731. The van der Waals surface area contributed by atoms with Crippen molar-refractivity contribution < 1.29 is 36.6 Å². The number of nitrogens with zero attached hydrogens (tertiary/aromatic N) is 1. The van der Waals surface area contributed by atoms with Gasteiger partial charge in [0, 0.05) is 11.6 Å². The average molecular weight is 441 g/mol. The molecule has 1 aliphatic heterocycles. The molecule has 0 bridgehead atoms. The maximum atomic E-state index is 12.6. The molecule has 0 saturated heterocycles. The van der Waals surface area contributed by atoms with Gasteiger partial charge in [0.1, 0.15) is 14.5 Å². The van der Waals surface area contributed by atoms with Crippen LogP contribution in [-0.4, -0.2) is 61.7 Å². The Morgan fingerprint density at radius 2 is 2.00 bits per heavy atom. The number of carboxylic acids is 2. The van der Waals surface area contributed by atoms with Gasteiger partial charge in [-0.2, -0.15) is 0 Å². The van der Waals surface area contributed by atoms with Gasteiger partial charge in [0.25, 0.3) is 0 Å². The van der Waals surface area contributed by atoms with Gasteiger partial charge in [0.05, 0.1) is 11.7 Å². The van der Waals surface area contributed by atoms with Crippen molar-refractivity contribution in [3.05, 3.63) is 11.6 Å². The molecular weight excluding hydrogens is 420 g/mol. The summed E-state index contributed by atoms with van der Waals surface area (Å²) in [5, 5.41) is 22.7. The van der Waals surface area contributed by atoms with Crippen LogP contribution in [0, 0.1) is 0 Å². The molecule has 0 fully saturated rings. The number of primary sulfonamides is 1. The normalized spacial score (nSPS) is 23.0. The summed E-state index contributed by atoms with van der Waals surface area (Å²) in [6.45, 7) is 3.20. The Kier molecular flexibility index (Phi) is 6.02. The number of hydrogen-bond donors (Lipinski definition) is 3. The molecule has 0 aromatic carbocycles. The zero-order chi connectivity index (χ0) is 20.7. The first-order chi connectivity index (χ1) is 12.3. The Hall–Kier alpha value is -1.54. The van der Waals surface area contributed by atoms with Crippen LogP contribution >= 0.6 is 11.3 Å². The topological polar surface area (TPSA) is 172 Å². The monoisotopic (exact) mass is 440 g/mol. The van der Waals surface area contributed by atoms with Crippen LogP contribution in [0.2, 0.25) is 0 Å². The molecule has 27 heavy (non-hydrogen) atoms. The lowest BCUT2D eigenvalue weighted by Gasteiger charge is -2.38. The molecule has 0 unspecified atom stereocenters. The summed E-state index contributed by atoms with van der Waals surface area (Å²) in [6.07, 6.45) is -0.671. The van der Waals surface area contributed by atoms with Gasteiger partial charge in [-0.3, -0.25) is 14.5 Å². The molecular formula is C14H20N2O8S3. The molecule has 1 aliphatic rings. The van der Waals surface area contributed by atoms with Gasteiger partial charge in [-0.1, -0.05) is 6.92 Å². The minimum atomic E-state index is -4.15. The molecule has 2 rings (SSSR count). The summed E-state index contributed by atoms with van der Waals surface area (Å²) in [7, 11) is -7.95. The van der Waals surface area contributed by atoms with Crippen molar-refractivity contribution in [3.8, 4) is 0 Å². The molecule has 152 valence electrons.